The molecular weight excluding hydrogens is 436 g/mol. The minimum absolute atomic E-state index is 0.0431. The van der Waals surface area contributed by atoms with Crippen LogP contribution in [-0.4, -0.2) is 35.3 Å². The van der Waals surface area contributed by atoms with Crippen LogP contribution in [0.2, 0.25) is 0 Å². The standard InChI is InChI=1S/C22H25BrN2O4/c1-13(2)29-21-16(17(23)8-9-20(21)28-3)12-25-19(22(26)27)10-14-11-24-18-7-5-4-6-15(14)18/h4-9,11,13,19,24-25H,10,12H2,1-3H3,(H,26,27). The number of aliphatic carboxylic acids is 1. The topological polar surface area (TPSA) is 83.6 Å². The SMILES string of the molecule is COc1ccc(Br)c(CNC(Cc2c[nH]c3ccccc23)C(=O)O)c1OC(C)C. The summed E-state index contributed by atoms with van der Waals surface area (Å²) in [6.45, 7) is 4.20. The third-order valence-corrected chi connectivity index (χ3v) is 5.41. The second-order valence-corrected chi connectivity index (χ2v) is 7.91. The Bertz CT molecular complexity index is 1000. The number of fused-ring (bicyclic) bond motifs is 1. The zero-order valence-corrected chi connectivity index (χ0v) is 18.2. The van der Waals surface area contributed by atoms with E-state index >= 15 is 0 Å². The first kappa shape index (κ1) is 21.2. The molecule has 6 nitrogen and oxygen atoms in total. The summed E-state index contributed by atoms with van der Waals surface area (Å²) in [5.74, 6) is 0.323. The van der Waals surface area contributed by atoms with Gasteiger partial charge in [0.15, 0.2) is 11.5 Å². The van der Waals surface area contributed by atoms with Crippen molar-refractivity contribution < 1.29 is 19.4 Å². The number of benzene rings is 2. The molecule has 7 heteroatoms. The van der Waals surface area contributed by atoms with Gasteiger partial charge in [-0.25, -0.2) is 0 Å². The van der Waals surface area contributed by atoms with Crippen molar-refractivity contribution in [1.29, 1.82) is 0 Å². The molecule has 1 aromatic heterocycles. The van der Waals surface area contributed by atoms with E-state index in [1.807, 2.05) is 56.4 Å². The molecule has 1 heterocycles. The lowest BCUT2D eigenvalue weighted by atomic mass is 10.0. The molecule has 0 spiro atoms. The van der Waals surface area contributed by atoms with Crippen molar-refractivity contribution in [3.63, 3.8) is 0 Å². The molecule has 0 aliphatic heterocycles. The van der Waals surface area contributed by atoms with Crippen LogP contribution < -0.4 is 14.8 Å². The van der Waals surface area contributed by atoms with Crippen LogP contribution in [0.5, 0.6) is 11.5 Å². The molecule has 0 saturated carbocycles. The molecule has 0 amide bonds. The first-order valence-corrected chi connectivity index (χ1v) is 10.2. The number of ether oxygens (including phenoxy) is 2. The van der Waals surface area contributed by atoms with E-state index in [1.54, 1.807) is 7.11 Å². The summed E-state index contributed by atoms with van der Waals surface area (Å²) >= 11 is 3.55. The Labute approximate surface area is 178 Å². The van der Waals surface area contributed by atoms with Crippen molar-refractivity contribution in [3.8, 4) is 11.5 Å². The van der Waals surface area contributed by atoms with Gasteiger partial charge < -0.3 is 19.6 Å². The Hall–Kier alpha value is -2.51. The fraction of sp³-hybridized carbons (Fsp3) is 0.318. The molecule has 0 saturated heterocycles. The molecule has 3 rings (SSSR count). The van der Waals surface area contributed by atoms with E-state index in [0.29, 0.717) is 24.5 Å². The Balaban J connectivity index is 1.83. The van der Waals surface area contributed by atoms with Gasteiger partial charge in [0.05, 0.1) is 13.2 Å². The van der Waals surface area contributed by atoms with Crippen molar-refractivity contribution in [1.82, 2.24) is 10.3 Å². The molecule has 2 aromatic carbocycles. The number of carboxylic acids is 1. The lowest BCUT2D eigenvalue weighted by Crippen LogP contribution is -2.38. The van der Waals surface area contributed by atoms with Gasteiger partial charge in [-0.3, -0.25) is 10.1 Å². The van der Waals surface area contributed by atoms with E-state index in [4.69, 9.17) is 9.47 Å². The molecule has 29 heavy (non-hydrogen) atoms. The van der Waals surface area contributed by atoms with E-state index in [1.165, 1.54) is 0 Å². The second kappa shape index (κ2) is 9.33. The van der Waals surface area contributed by atoms with Crippen molar-refractivity contribution in [2.24, 2.45) is 0 Å². The number of carbonyl (C=O) groups is 1. The van der Waals surface area contributed by atoms with Gasteiger partial charge in [-0.15, -0.1) is 0 Å². The number of hydrogen-bond donors (Lipinski definition) is 3. The van der Waals surface area contributed by atoms with Crippen molar-refractivity contribution in [2.45, 2.75) is 39.0 Å². The molecule has 0 aliphatic carbocycles. The van der Waals surface area contributed by atoms with Crippen LogP contribution in [0.4, 0.5) is 0 Å². The van der Waals surface area contributed by atoms with Gasteiger partial charge in [0.25, 0.3) is 0 Å². The number of aromatic amines is 1. The quantitative estimate of drug-likeness (QED) is 0.437. The van der Waals surface area contributed by atoms with Gasteiger partial charge in [-0.2, -0.15) is 0 Å². The van der Waals surface area contributed by atoms with Crippen molar-refractivity contribution in [2.75, 3.05) is 7.11 Å². The monoisotopic (exact) mass is 460 g/mol. The zero-order chi connectivity index (χ0) is 21.0. The smallest absolute Gasteiger partial charge is 0.321 e. The van der Waals surface area contributed by atoms with Crippen molar-refractivity contribution >= 4 is 32.8 Å². The molecule has 0 radical (unpaired) electrons. The number of halogens is 1. The number of methoxy groups -OCH3 is 1. The van der Waals surface area contributed by atoms with Crippen molar-refractivity contribution in [3.05, 3.63) is 58.2 Å². The predicted octanol–water partition coefficient (Wildman–Crippen LogP) is 4.51. The number of para-hydroxylation sites is 1. The number of H-pyrrole nitrogens is 1. The molecular formula is C22H25BrN2O4. The van der Waals surface area contributed by atoms with E-state index in [9.17, 15) is 9.90 Å². The minimum atomic E-state index is -0.902. The van der Waals surface area contributed by atoms with E-state index < -0.39 is 12.0 Å². The summed E-state index contributed by atoms with van der Waals surface area (Å²) in [5, 5.41) is 14.0. The van der Waals surface area contributed by atoms with Gasteiger partial charge in [-0.1, -0.05) is 34.1 Å². The van der Waals surface area contributed by atoms with Crippen LogP contribution in [0.1, 0.15) is 25.0 Å². The maximum Gasteiger partial charge on any atom is 0.321 e. The minimum Gasteiger partial charge on any atom is -0.493 e. The predicted molar refractivity (Wildman–Crippen MR) is 117 cm³/mol. The van der Waals surface area contributed by atoms with Crippen LogP contribution in [0.15, 0.2) is 47.1 Å². The summed E-state index contributed by atoms with van der Waals surface area (Å²) < 4.78 is 12.2. The zero-order valence-electron chi connectivity index (χ0n) is 16.7. The largest absolute Gasteiger partial charge is 0.493 e. The second-order valence-electron chi connectivity index (χ2n) is 7.06. The number of nitrogens with one attached hydrogen (secondary N) is 2. The highest BCUT2D eigenvalue weighted by Gasteiger charge is 2.22. The summed E-state index contributed by atoms with van der Waals surface area (Å²) in [5.41, 5.74) is 2.78. The normalized spacial score (nSPS) is 12.3. The third kappa shape index (κ3) is 4.92. The Morgan fingerprint density at radius 3 is 2.69 bits per heavy atom. The number of rotatable bonds is 9. The highest BCUT2D eigenvalue weighted by atomic mass is 79.9. The lowest BCUT2D eigenvalue weighted by Gasteiger charge is -2.21. The fourth-order valence-corrected chi connectivity index (χ4v) is 3.72. The van der Waals surface area contributed by atoms with Gasteiger partial charge in [0.1, 0.15) is 6.04 Å². The van der Waals surface area contributed by atoms with Crippen LogP contribution in [0.3, 0.4) is 0 Å². The molecule has 3 N–H and O–H groups in total. The van der Waals surface area contributed by atoms with Gasteiger partial charge >= 0.3 is 5.97 Å². The number of carboxylic acid groups (broad SMARTS) is 1. The molecule has 154 valence electrons. The molecule has 0 fully saturated rings. The first-order valence-electron chi connectivity index (χ1n) is 9.44. The fourth-order valence-electron chi connectivity index (χ4n) is 3.27. The Morgan fingerprint density at radius 1 is 1.24 bits per heavy atom. The highest BCUT2D eigenvalue weighted by Crippen LogP contribution is 2.37. The van der Waals surface area contributed by atoms with Crippen LogP contribution in [0.25, 0.3) is 10.9 Å². The number of aromatic nitrogens is 1. The summed E-state index contributed by atoms with van der Waals surface area (Å²) in [6.07, 6.45) is 2.19. The van der Waals surface area contributed by atoms with Crippen LogP contribution >= 0.6 is 15.9 Å². The van der Waals surface area contributed by atoms with E-state index in [0.717, 1.165) is 26.5 Å². The third-order valence-electron chi connectivity index (χ3n) is 4.66. The molecule has 3 aromatic rings. The van der Waals surface area contributed by atoms with E-state index in [2.05, 4.69) is 26.2 Å². The summed E-state index contributed by atoms with van der Waals surface area (Å²) in [4.78, 5) is 15.1. The van der Waals surface area contributed by atoms with E-state index in [-0.39, 0.29) is 6.10 Å². The van der Waals surface area contributed by atoms with Gasteiger partial charge in [0, 0.05) is 40.1 Å². The van der Waals surface area contributed by atoms with Crippen LogP contribution in [0, 0.1) is 0 Å². The maximum atomic E-state index is 11.9. The molecule has 0 bridgehead atoms. The average Bonchev–Trinajstić information content (AvgIpc) is 3.09. The lowest BCUT2D eigenvalue weighted by molar-refractivity contribution is -0.139. The molecule has 0 aliphatic rings. The van der Waals surface area contributed by atoms with Gasteiger partial charge in [0.2, 0.25) is 0 Å². The Kier molecular flexibility index (Phi) is 6.82. The van der Waals surface area contributed by atoms with Crippen LogP contribution in [-0.2, 0) is 17.8 Å². The highest BCUT2D eigenvalue weighted by molar-refractivity contribution is 9.10. The summed E-state index contributed by atoms with van der Waals surface area (Å²) in [7, 11) is 1.59. The first-order chi connectivity index (χ1) is 13.9. The summed E-state index contributed by atoms with van der Waals surface area (Å²) in [6, 6.07) is 10.8. The molecule has 1 atom stereocenters. The maximum absolute atomic E-state index is 11.9. The Morgan fingerprint density at radius 2 is 2.00 bits per heavy atom. The van der Waals surface area contributed by atoms with Gasteiger partial charge in [-0.05, 0) is 37.6 Å². The average molecular weight is 461 g/mol. The molecule has 1 unspecified atom stereocenters. The number of hydrogen-bond acceptors (Lipinski definition) is 4.